The van der Waals surface area contributed by atoms with Crippen LogP contribution in [0.2, 0.25) is 0 Å². The lowest BCUT2D eigenvalue weighted by Gasteiger charge is -2.38. The number of hydrogen-bond donors (Lipinski definition) is 0. The maximum atomic E-state index is 14.5. The zero-order valence-corrected chi connectivity index (χ0v) is 15.7. The summed E-state index contributed by atoms with van der Waals surface area (Å²) in [7, 11) is 0. The van der Waals surface area contributed by atoms with Gasteiger partial charge in [0.05, 0.1) is 0 Å². The highest BCUT2D eigenvalue weighted by Crippen LogP contribution is 2.20. The second-order valence-electron chi connectivity index (χ2n) is 6.87. The van der Waals surface area contributed by atoms with Crippen LogP contribution in [0.5, 0.6) is 0 Å². The van der Waals surface area contributed by atoms with Crippen molar-refractivity contribution in [2.24, 2.45) is 0 Å². The summed E-state index contributed by atoms with van der Waals surface area (Å²) in [5, 5.41) is 0. The molecule has 0 radical (unpaired) electrons. The molecule has 1 saturated heterocycles. The second kappa shape index (κ2) is 9.42. The van der Waals surface area contributed by atoms with E-state index in [1.807, 2.05) is 30.3 Å². The predicted molar refractivity (Wildman–Crippen MR) is 105 cm³/mol. The van der Waals surface area contributed by atoms with Gasteiger partial charge in [-0.25, -0.2) is 4.39 Å². The van der Waals surface area contributed by atoms with Gasteiger partial charge in [0, 0.05) is 38.1 Å². The summed E-state index contributed by atoms with van der Waals surface area (Å²) in [5.41, 5.74) is 1.90. The van der Waals surface area contributed by atoms with Crippen LogP contribution in [0.3, 0.4) is 0 Å². The highest BCUT2D eigenvalue weighted by Gasteiger charge is 2.29. The molecule has 142 valence electrons. The van der Waals surface area contributed by atoms with E-state index in [1.54, 1.807) is 29.4 Å². The van der Waals surface area contributed by atoms with Gasteiger partial charge in [-0.1, -0.05) is 37.3 Å². The Bertz CT molecular complexity index is 764. The number of likely N-dealkylation sites (N-methyl/N-ethyl adjacent to an activating group) is 1. The molecule has 1 atom stereocenters. The van der Waals surface area contributed by atoms with Crippen molar-refractivity contribution in [3.05, 3.63) is 71.8 Å². The molecule has 1 aromatic carbocycles. The maximum absolute atomic E-state index is 14.5. The van der Waals surface area contributed by atoms with E-state index in [9.17, 15) is 9.18 Å². The van der Waals surface area contributed by atoms with Gasteiger partial charge in [-0.15, -0.1) is 0 Å². The van der Waals surface area contributed by atoms with Crippen molar-refractivity contribution >= 4 is 12.0 Å². The van der Waals surface area contributed by atoms with Crippen LogP contribution in [0, 0.1) is 0 Å². The summed E-state index contributed by atoms with van der Waals surface area (Å²) in [5.74, 6) is -1.21. The molecule has 1 aliphatic heterocycles. The molecule has 0 aliphatic carbocycles. The minimum absolute atomic E-state index is 0.241. The third-order valence-corrected chi connectivity index (χ3v) is 5.04. The summed E-state index contributed by atoms with van der Waals surface area (Å²) < 4.78 is 14.5. The van der Waals surface area contributed by atoms with Crippen LogP contribution in [0.15, 0.2) is 60.7 Å². The van der Waals surface area contributed by atoms with Gasteiger partial charge in [0.2, 0.25) is 0 Å². The van der Waals surface area contributed by atoms with E-state index in [1.165, 1.54) is 11.6 Å². The Morgan fingerprint density at radius 2 is 2.00 bits per heavy atom. The molecule has 0 bridgehead atoms. The number of halogens is 1. The summed E-state index contributed by atoms with van der Waals surface area (Å²) in [6.07, 6.45) is 6.82. The molecule has 1 unspecified atom stereocenters. The summed E-state index contributed by atoms with van der Waals surface area (Å²) in [6, 6.07) is 13.4. The number of aromatic nitrogens is 1. The van der Waals surface area contributed by atoms with Gasteiger partial charge in [-0.05, 0) is 48.7 Å². The predicted octanol–water partition coefficient (Wildman–Crippen LogP) is 3.91. The Labute approximate surface area is 160 Å². The van der Waals surface area contributed by atoms with Crippen LogP contribution >= 0.6 is 0 Å². The molecule has 0 saturated carbocycles. The quantitative estimate of drug-likeness (QED) is 0.727. The Kier molecular flexibility index (Phi) is 6.71. The number of rotatable bonds is 6. The van der Waals surface area contributed by atoms with Crippen molar-refractivity contribution in [2.45, 2.75) is 32.4 Å². The average Bonchev–Trinajstić information content (AvgIpc) is 2.73. The zero-order chi connectivity index (χ0) is 19.1. The molecule has 27 heavy (non-hydrogen) atoms. The molecule has 0 spiro atoms. The lowest BCUT2D eigenvalue weighted by atomic mass is 10.0. The molecule has 1 fully saturated rings. The summed E-state index contributed by atoms with van der Waals surface area (Å²) in [6.45, 7) is 5.00. The van der Waals surface area contributed by atoms with Crippen molar-refractivity contribution in [2.75, 3.05) is 19.6 Å². The van der Waals surface area contributed by atoms with Crippen molar-refractivity contribution in [3.8, 4) is 0 Å². The monoisotopic (exact) mass is 367 g/mol. The fraction of sp³-hybridized carbons (Fsp3) is 0.364. The van der Waals surface area contributed by atoms with Crippen molar-refractivity contribution in [1.82, 2.24) is 14.8 Å². The molecule has 0 N–H and O–H groups in total. The van der Waals surface area contributed by atoms with Gasteiger partial charge in [-0.2, -0.15) is 0 Å². The van der Waals surface area contributed by atoms with Crippen molar-refractivity contribution in [1.29, 1.82) is 0 Å². The summed E-state index contributed by atoms with van der Waals surface area (Å²) >= 11 is 0. The third kappa shape index (κ3) is 5.23. The van der Waals surface area contributed by atoms with Gasteiger partial charge in [0.25, 0.3) is 5.91 Å². The molecule has 4 nitrogen and oxygen atoms in total. The van der Waals surface area contributed by atoms with E-state index < -0.39 is 11.7 Å². The van der Waals surface area contributed by atoms with Crippen LogP contribution in [0.25, 0.3) is 6.08 Å². The van der Waals surface area contributed by atoms with E-state index >= 15 is 0 Å². The van der Waals surface area contributed by atoms with Gasteiger partial charge in [-0.3, -0.25) is 14.7 Å². The fourth-order valence-corrected chi connectivity index (χ4v) is 3.57. The Morgan fingerprint density at radius 1 is 1.26 bits per heavy atom. The number of piperidine rings is 1. The molecule has 1 aliphatic rings. The van der Waals surface area contributed by atoms with Gasteiger partial charge >= 0.3 is 0 Å². The van der Waals surface area contributed by atoms with E-state index in [4.69, 9.17) is 0 Å². The highest BCUT2D eigenvalue weighted by molar-refractivity contribution is 5.95. The smallest absolute Gasteiger partial charge is 0.282 e. The molecular formula is C22H26FN3O. The first-order valence-corrected chi connectivity index (χ1v) is 9.52. The first-order chi connectivity index (χ1) is 13.2. The largest absolute Gasteiger partial charge is 0.335 e. The normalized spacial score (nSPS) is 18.0. The topological polar surface area (TPSA) is 36.4 Å². The lowest BCUT2D eigenvalue weighted by molar-refractivity contribution is -0.130. The number of amides is 1. The molecule has 1 amide bonds. The number of pyridine rings is 1. The molecule has 2 aromatic rings. The first-order valence-electron chi connectivity index (χ1n) is 9.52. The fourth-order valence-electron chi connectivity index (χ4n) is 3.57. The van der Waals surface area contributed by atoms with E-state index in [2.05, 4.69) is 16.8 Å². The van der Waals surface area contributed by atoms with Crippen LogP contribution in [0.4, 0.5) is 4.39 Å². The minimum atomic E-state index is -0.695. The molecule has 2 heterocycles. The lowest BCUT2D eigenvalue weighted by Crippen LogP contribution is -2.49. The van der Waals surface area contributed by atoms with Crippen molar-refractivity contribution in [3.63, 3.8) is 0 Å². The maximum Gasteiger partial charge on any atom is 0.282 e. The minimum Gasteiger partial charge on any atom is -0.335 e. The molecule has 5 heteroatoms. The number of likely N-dealkylation sites (tertiary alicyclic amines) is 1. The average molecular weight is 367 g/mol. The Balaban J connectivity index is 1.65. The number of hydrogen-bond acceptors (Lipinski definition) is 3. The number of benzene rings is 1. The zero-order valence-electron chi connectivity index (χ0n) is 15.7. The van der Waals surface area contributed by atoms with E-state index in [0.29, 0.717) is 18.7 Å². The van der Waals surface area contributed by atoms with Crippen LogP contribution in [-0.4, -0.2) is 46.4 Å². The van der Waals surface area contributed by atoms with Gasteiger partial charge < -0.3 is 4.90 Å². The molecular weight excluding hydrogens is 341 g/mol. The van der Waals surface area contributed by atoms with Gasteiger partial charge in [0.1, 0.15) is 0 Å². The van der Waals surface area contributed by atoms with Crippen LogP contribution in [0.1, 0.15) is 30.9 Å². The van der Waals surface area contributed by atoms with Crippen molar-refractivity contribution < 1.29 is 9.18 Å². The SMILES string of the molecule is CCN(Cc1ccncc1)C1CCCN(C(=O)/C(F)=C/c2ccccc2)C1. The third-order valence-electron chi connectivity index (χ3n) is 5.04. The van der Waals surface area contributed by atoms with Crippen LogP contribution < -0.4 is 0 Å². The van der Waals surface area contributed by atoms with Crippen LogP contribution in [-0.2, 0) is 11.3 Å². The standard InChI is InChI=1S/C22H26FN3O/c1-2-25(16-19-10-12-24-13-11-19)20-9-6-14-26(17-20)22(27)21(23)15-18-7-4-3-5-8-18/h3-5,7-8,10-13,15,20H,2,6,9,14,16-17H2,1H3/b21-15-. The summed E-state index contributed by atoms with van der Waals surface area (Å²) in [4.78, 5) is 20.6. The van der Waals surface area contributed by atoms with E-state index in [0.717, 1.165) is 25.9 Å². The second-order valence-corrected chi connectivity index (χ2v) is 6.87. The highest BCUT2D eigenvalue weighted by atomic mass is 19.1. The molecule has 1 aromatic heterocycles. The Hall–Kier alpha value is -2.53. The van der Waals surface area contributed by atoms with Gasteiger partial charge in [0.15, 0.2) is 5.83 Å². The first kappa shape index (κ1) is 19.2. The number of nitrogens with zero attached hydrogens (tertiary/aromatic N) is 3. The number of carbonyl (C=O) groups is 1. The molecule has 3 rings (SSSR count). The number of carbonyl (C=O) groups excluding carboxylic acids is 1. The Morgan fingerprint density at radius 3 is 2.70 bits per heavy atom. The van der Waals surface area contributed by atoms with E-state index in [-0.39, 0.29) is 6.04 Å².